The van der Waals surface area contributed by atoms with Gasteiger partial charge in [-0.05, 0) is 0 Å². The van der Waals surface area contributed by atoms with E-state index in [4.69, 9.17) is 17.3 Å². The predicted molar refractivity (Wildman–Crippen MR) is 41.1 cm³/mol. The van der Waals surface area contributed by atoms with Gasteiger partial charge in [-0.1, -0.05) is 11.6 Å². The quantitative estimate of drug-likeness (QED) is 0.483. The lowest BCUT2D eigenvalue weighted by Crippen LogP contribution is -2.18. The number of rotatable bonds is 2. The Kier molecular flexibility index (Phi) is 4.14. The monoisotopic (exact) mass is 193 g/mol. The number of hydrogen-bond acceptors (Lipinski definition) is 5. The predicted octanol–water partition coefficient (Wildman–Crippen LogP) is -0.259. The topological polar surface area (TPSA) is 78.6 Å². The Morgan fingerprint density at radius 3 is 1.92 bits per heavy atom. The van der Waals surface area contributed by atoms with Gasteiger partial charge in [-0.15, -0.1) is 0 Å². The number of carbonyl (C=O) groups is 2. The molecule has 0 rings (SSSR count). The first kappa shape index (κ1) is 10.8. The second-order valence-corrected chi connectivity index (χ2v) is 2.09. The number of nitrogens with two attached hydrogens (primary N) is 1. The normalized spacial score (nSPS) is 11.6. The Balaban J connectivity index is 4.68. The van der Waals surface area contributed by atoms with Crippen molar-refractivity contribution in [2.45, 2.75) is 0 Å². The van der Waals surface area contributed by atoms with E-state index in [1.807, 2.05) is 0 Å². The number of carbonyl (C=O) groups excluding carboxylic acids is 2. The number of halogens is 1. The van der Waals surface area contributed by atoms with Crippen LogP contribution in [0.1, 0.15) is 0 Å². The zero-order valence-electron chi connectivity index (χ0n) is 6.59. The van der Waals surface area contributed by atoms with Gasteiger partial charge in [-0.2, -0.15) is 0 Å². The summed E-state index contributed by atoms with van der Waals surface area (Å²) < 4.78 is 8.43. The molecule has 0 amide bonds. The molecule has 0 atom stereocenters. The molecule has 0 saturated carbocycles. The summed E-state index contributed by atoms with van der Waals surface area (Å²) in [5.74, 6) is -1.75. The third-order valence-electron chi connectivity index (χ3n) is 1.01. The standard InChI is InChI=1S/C6H8ClNO4/c1-11-5(9)3(7)4(8)6(10)12-2/h8H2,1-2H3. The van der Waals surface area contributed by atoms with Crippen molar-refractivity contribution in [3.8, 4) is 0 Å². The van der Waals surface area contributed by atoms with Gasteiger partial charge in [0.25, 0.3) is 0 Å². The molecule has 68 valence electrons. The van der Waals surface area contributed by atoms with E-state index in [0.717, 1.165) is 14.2 Å². The van der Waals surface area contributed by atoms with Crippen LogP contribution in [0.4, 0.5) is 0 Å². The van der Waals surface area contributed by atoms with Crippen molar-refractivity contribution in [1.82, 2.24) is 0 Å². The lowest BCUT2D eigenvalue weighted by Gasteiger charge is -2.01. The first-order chi connectivity index (χ1) is 5.54. The van der Waals surface area contributed by atoms with Crippen LogP contribution in [0.15, 0.2) is 10.7 Å². The van der Waals surface area contributed by atoms with Crippen molar-refractivity contribution in [3.63, 3.8) is 0 Å². The van der Waals surface area contributed by atoms with Gasteiger partial charge in [0.05, 0.1) is 14.2 Å². The third kappa shape index (κ3) is 2.43. The van der Waals surface area contributed by atoms with Crippen LogP contribution in [0.25, 0.3) is 0 Å². The minimum absolute atomic E-state index is 0.467. The Labute approximate surface area is 74.1 Å². The summed E-state index contributed by atoms with van der Waals surface area (Å²) in [5.41, 5.74) is 4.65. The van der Waals surface area contributed by atoms with Gasteiger partial charge in [-0.3, -0.25) is 0 Å². The molecule has 0 aliphatic heterocycles. The zero-order valence-corrected chi connectivity index (χ0v) is 7.34. The van der Waals surface area contributed by atoms with Crippen LogP contribution in [0, 0.1) is 0 Å². The van der Waals surface area contributed by atoms with Crippen LogP contribution in [0.5, 0.6) is 0 Å². The molecule has 0 unspecified atom stereocenters. The Morgan fingerprint density at radius 2 is 1.58 bits per heavy atom. The fourth-order valence-corrected chi connectivity index (χ4v) is 0.553. The van der Waals surface area contributed by atoms with Crippen molar-refractivity contribution in [2.24, 2.45) is 5.73 Å². The Bertz CT molecular complexity index is 212. The lowest BCUT2D eigenvalue weighted by molar-refractivity contribution is -0.138. The third-order valence-corrected chi connectivity index (χ3v) is 1.36. The number of esters is 2. The molecule has 0 aromatic rings. The number of hydrogen-bond donors (Lipinski definition) is 1. The first-order valence-electron chi connectivity index (χ1n) is 2.86. The van der Waals surface area contributed by atoms with E-state index >= 15 is 0 Å². The molecule has 0 spiro atoms. The van der Waals surface area contributed by atoms with Gasteiger partial charge >= 0.3 is 11.9 Å². The van der Waals surface area contributed by atoms with Gasteiger partial charge in [0.15, 0.2) is 5.03 Å². The van der Waals surface area contributed by atoms with Gasteiger partial charge < -0.3 is 15.2 Å². The summed E-state index contributed by atoms with van der Waals surface area (Å²) >= 11 is 5.33. The van der Waals surface area contributed by atoms with Crippen LogP contribution in [-0.4, -0.2) is 26.2 Å². The highest BCUT2D eigenvalue weighted by Gasteiger charge is 2.17. The van der Waals surface area contributed by atoms with Gasteiger partial charge in [-0.25, -0.2) is 9.59 Å². The SMILES string of the molecule is COC(=O)C(N)=C(Cl)C(=O)OC. The van der Waals surface area contributed by atoms with E-state index in [1.54, 1.807) is 0 Å². The molecule has 0 aromatic heterocycles. The maximum Gasteiger partial charge on any atom is 0.355 e. The van der Waals surface area contributed by atoms with Crippen molar-refractivity contribution >= 4 is 23.5 Å². The van der Waals surface area contributed by atoms with Crippen LogP contribution in [-0.2, 0) is 19.1 Å². The van der Waals surface area contributed by atoms with Crippen LogP contribution in [0.2, 0.25) is 0 Å². The summed E-state index contributed by atoms with van der Waals surface area (Å²) in [6.45, 7) is 0. The van der Waals surface area contributed by atoms with Crippen molar-refractivity contribution in [1.29, 1.82) is 0 Å². The van der Waals surface area contributed by atoms with Crippen molar-refractivity contribution < 1.29 is 19.1 Å². The van der Waals surface area contributed by atoms with E-state index in [9.17, 15) is 9.59 Å². The molecule has 0 fully saturated rings. The number of methoxy groups -OCH3 is 2. The Morgan fingerprint density at radius 1 is 1.17 bits per heavy atom. The highest BCUT2D eigenvalue weighted by atomic mass is 35.5. The molecule has 5 nitrogen and oxygen atoms in total. The van der Waals surface area contributed by atoms with Gasteiger partial charge in [0, 0.05) is 0 Å². The molecule has 12 heavy (non-hydrogen) atoms. The summed E-state index contributed by atoms with van der Waals surface area (Å²) in [5, 5.41) is -0.482. The Hall–Kier alpha value is -1.23. The summed E-state index contributed by atoms with van der Waals surface area (Å²) in [6.07, 6.45) is 0. The smallest absolute Gasteiger partial charge is 0.355 e. The average Bonchev–Trinajstić information content (AvgIpc) is 2.12. The first-order valence-corrected chi connectivity index (χ1v) is 3.24. The molecule has 0 aliphatic rings. The fraction of sp³-hybridized carbons (Fsp3) is 0.333. The van der Waals surface area contributed by atoms with Crippen LogP contribution >= 0.6 is 11.6 Å². The largest absolute Gasteiger partial charge is 0.465 e. The van der Waals surface area contributed by atoms with Crippen molar-refractivity contribution in [3.05, 3.63) is 10.7 Å². The molecular formula is C6H8ClNO4. The average molecular weight is 194 g/mol. The molecule has 2 N–H and O–H groups in total. The van der Waals surface area contributed by atoms with E-state index < -0.39 is 22.7 Å². The molecule has 0 aromatic carbocycles. The summed E-state index contributed by atoms with van der Waals surface area (Å²) in [4.78, 5) is 21.4. The van der Waals surface area contributed by atoms with Gasteiger partial charge in [0.2, 0.25) is 0 Å². The van der Waals surface area contributed by atoms with E-state index in [1.165, 1.54) is 0 Å². The molecule has 0 aliphatic carbocycles. The zero-order chi connectivity index (χ0) is 9.72. The molecule has 0 bridgehead atoms. The molecule has 0 saturated heterocycles. The molecule has 6 heteroatoms. The van der Waals surface area contributed by atoms with E-state index in [2.05, 4.69) is 9.47 Å². The molecular weight excluding hydrogens is 186 g/mol. The van der Waals surface area contributed by atoms with E-state index in [0.29, 0.717) is 0 Å². The molecule has 0 radical (unpaired) electrons. The van der Waals surface area contributed by atoms with Crippen molar-refractivity contribution in [2.75, 3.05) is 14.2 Å². The minimum Gasteiger partial charge on any atom is -0.465 e. The second kappa shape index (κ2) is 4.61. The van der Waals surface area contributed by atoms with Gasteiger partial charge in [0.1, 0.15) is 5.70 Å². The highest BCUT2D eigenvalue weighted by molar-refractivity contribution is 6.43. The summed E-state index contributed by atoms with van der Waals surface area (Å²) in [6, 6.07) is 0. The highest BCUT2D eigenvalue weighted by Crippen LogP contribution is 2.07. The van der Waals surface area contributed by atoms with Crippen LogP contribution in [0.3, 0.4) is 0 Å². The van der Waals surface area contributed by atoms with Crippen LogP contribution < -0.4 is 5.73 Å². The minimum atomic E-state index is -0.875. The maximum absolute atomic E-state index is 10.7. The maximum atomic E-state index is 10.7. The second-order valence-electron chi connectivity index (χ2n) is 1.71. The fourth-order valence-electron chi connectivity index (χ4n) is 0.399. The summed E-state index contributed by atoms with van der Waals surface area (Å²) in [7, 11) is 2.24. The van der Waals surface area contributed by atoms with E-state index in [-0.39, 0.29) is 0 Å². The lowest BCUT2D eigenvalue weighted by atomic mass is 10.4. The number of ether oxygens (including phenoxy) is 2. The molecule has 0 heterocycles.